The van der Waals surface area contributed by atoms with Crippen LogP contribution in [0, 0.1) is 0 Å². The molecule has 0 saturated carbocycles. The third-order valence-electron chi connectivity index (χ3n) is 4.73. The summed E-state index contributed by atoms with van der Waals surface area (Å²) in [7, 11) is 2.05. The summed E-state index contributed by atoms with van der Waals surface area (Å²) in [5.41, 5.74) is 2.23. The number of alkyl halides is 2. The van der Waals surface area contributed by atoms with Gasteiger partial charge < -0.3 is 9.64 Å². The Kier molecular flexibility index (Phi) is 6.64. The van der Waals surface area contributed by atoms with Crippen molar-refractivity contribution >= 4 is 0 Å². The van der Waals surface area contributed by atoms with Crippen LogP contribution in [0.5, 0.6) is 11.5 Å². The number of hydrogen-bond donors (Lipinski definition) is 1. The number of nitrogens with one attached hydrogen (secondary N) is 1. The Bertz CT molecular complexity index is 919. The highest BCUT2D eigenvalue weighted by Gasteiger charge is 2.26. The van der Waals surface area contributed by atoms with Crippen molar-refractivity contribution < 1.29 is 13.5 Å². The van der Waals surface area contributed by atoms with Gasteiger partial charge in [0.1, 0.15) is 11.5 Å². The molecule has 4 nitrogen and oxygen atoms in total. The zero-order chi connectivity index (χ0) is 20.9. The number of aromatic nitrogens is 2. The van der Waals surface area contributed by atoms with E-state index in [0.717, 1.165) is 37.6 Å². The third kappa shape index (κ3) is 5.64. The Labute approximate surface area is 170 Å². The molecule has 0 amide bonds. The summed E-state index contributed by atoms with van der Waals surface area (Å²) in [5, 5.41) is 7.13. The van der Waals surface area contributed by atoms with Gasteiger partial charge in [-0.2, -0.15) is 5.10 Å². The highest BCUT2D eigenvalue weighted by molar-refractivity contribution is 5.66. The van der Waals surface area contributed by atoms with E-state index in [1.807, 2.05) is 25.2 Å². The van der Waals surface area contributed by atoms with E-state index >= 15 is 0 Å². The lowest BCUT2D eigenvalue weighted by atomic mass is 10.0. The van der Waals surface area contributed by atoms with Crippen LogP contribution in [0.1, 0.15) is 37.8 Å². The van der Waals surface area contributed by atoms with Crippen molar-refractivity contribution in [2.24, 2.45) is 0 Å². The van der Waals surface area contributed by atoms with E-state index in [1.54, 1.807) is 24.4 Å². The fourth-order valence-electron chi connectivity index (χ4n) is 3.16. The third-order valence-corrected chi connectivity index (χ3v) is 4.73. The second kappa shape index (κ2) is 9.18. The van der Waals surface area contributed by atoms with Crippen molar-refractivity contribution in [1.29, 1.82) is 0 Å². The molecule has 154 valence electrons. The molecule has 0 aliphatic rings. The SMILES string of the molecule is CCCCN(C)Cc1cn[nH]c1-c1cc(Oc2ccccc2)cc(C(C)(F)F)c1. The molecule has 29 heavy (non-hydrogen) atoms. The van der Waals surface area contributed by atoms with Gasteiger partial charge in [-0.25, -0.2) is 8.78 Å². The summed E-state index contributed by atoms with van der Waals surface area (Å²) >= 11 is 0. The van der Waals surface area contributed by atoms with Crippen molar-refractivity contribution in [2.75, 3.05) is 13.6 Å². The van der Waals surface area contributed by atoms with Gasteiger partial charge in [-0.3, -0.25) is 5.10 Å². The number of unbranched alkanes of at least 4 members (excludes halogenated alkanes) is 1. The lowest BCUT2D eigenvalue weighted by Gasteiger charge is -2.18. The molecule has 0 aliphatic carbocycles. The van der Waals surface area contributed by atoms with Crippen LogP contribution < -0.4 is 4.74 Å². The molecule has 0 spiro atoms. The first-order chi connectivity index (χ1) is 13.9. The summed E-state index contributed by atoms with van der Waals surface area (Å²) in [6, 6.07) is 13.8. The average Bonchev–Trinajstić information content (AvgIpc) is 3.14. The topological polar surface area (TPSA) is 41.2 Å². The second-order valence-corrected chi connectivity index (χ2v) is 7.41. The number of benzene rings is 2. The number of rotatable bonds is 9. The summed E-state index contributed by atoms with van der Waals surface area (Å²) in [6.45, 7) is 4.70. The summed E-state index contributed by atoms with van der Waals surface area (Å²) in [6.07, 6.45) is 3.99. The van der Waals surface area contributed by atoms with Crippen LogP contribution in [0.4, 0.5) is 8.78 Å². The Balaban J connectivity index is 1.95. The summed E-state index contributed by atoms with van der Waals surface area (Å²) in [5.74, 6) is -2.02. The maximum absolute atomic E-state index is 14.2. The zero-order valence-corrected chi connectivity index (χ0v) is 17.1. The lowest BCUT2D eigenvalue weighted by Crippen LogP contribution is -2.19. The lowest BCUT2D eigenvalue weighted by molar-refractivity contribution is 0.0173. The van der Waals surface area contributed by atoms with Crippen LogP contribution in [-0.2, 0) is 12.5 Å². The van der Waals surface area contributed by atoms with Gasteiger partial charge in [-0.1, -0.05) is 31.5 Å². The average molecular weight is 399 g/mol. The van der Waals surface area contributed by atoms with E-state index in [-0.39, 0.29) is 5.56 Å². The van der Waals surface area contributed by atoms with Crippen molar-refractivity contribution in [2.45, 2.75) is 39.2 Å². The van der Waals surface area contributed by atoms with E-state index < -0.39 is 5.92 Å². The Hall–Kier alpha value is -2.73. The first kappa shape index (κ1) is 21.0. The normalized spacial score (nSPS) is 11.8. The summed E-state index contributed by atoms with van der Waals surface area (Å²) in [4.78, 5) is 2.21. The van der Waals surface area contributed by atoms with Gasteiger partial charge >= 0.3 is 0 Å². The first-order valence-electron chi connectivity index (χ1n) is 9.84. The Morgan fingerprint density at radius 3 is 2.55 bits per heavy atom. The number of ether oxygens (including phenoxy) is 1. The second-order valence-electron chi connectivity index (χ2n) is 7.41. The van der Waals surface area contributed by atoms with Crippen LogP contribution in [0.3, 0.4) is 0 Å². The minimum absolute atomic E-state index is 0.0965. The Morgan fingerprint density at radius 2 is 1.86 bits per heavy atom. The number of nitrogens with zero attached hydrogens (tertiary/aromatic N) is 2. The number of para-hydroxylation sites is 1. The van der Waals surface area contributed by atoms with Gasteiger partial charge in [0.15, 0.2) is 0 Å². The zero-order valence-electron chi connectivity index (χ0n) is 17.1. The minimum atomic E-state index is -2.98. The molecule has 0 radical (unpaired) electrons. The van der Waals surface area contributed by atoms with Crippen LogP contribution >= 0.6 is 0 Å². The highest BCUT2D eigenvalue weighted by atomic mass is 19.3. The number of halogens is 2. The van der Waals surface area contributed by atoms with Gasteiger partial charge in [0.05, 0.1) is 11.9 Å². The van der Waals surface area contributed by atoms with E-state index in [4.69, 9.17) is 4.74 Å². The van der Waals surface area contributed by atoms with E-state index in [1.165, 1.54) is 12.1 Å². The molecule has 2 aromatic carbocycles. The molecule has 1 aromatic heterocycles. The van der Waals surface area contributed by atoms with Crippen LogP contribution in [0.25, 0.3) is 11.3 Å². The molecule has 0 unspecified atom stereocenters. The predicted molar refractivity (Wildman–Crippen MR) is 111 cm³/mol. The standard InChI is InChI=1S/C23H27F2N3O/c1-4-5-11-28(3)16-18-15-26-27-22(18)17-12-19(23(2,24)25)14-21(13-17)29-20-9-7-6-8-10-20/h6-10,12-15H,4-5,11,16H2,1-3H3,(H,26,27). The molecule has 6 heteroatoms. The number of aromatic amines is 1. The van der Waals surface area contributed by atoms with Crippen LogP contribution in [0.2, 0.25) is 0 Å². The molecule has 3 aromatic rings. The molecule has 3 rings (SSSR count). The molecule has 1 heterocycles. The van der Waals surface area contributed by atoms with Gasteiger partial charge in [0.2, 0.25) is 0 Å². The quantitative estimate of drug-likeness (QED) is 0.465. The van der Waals surface area contributed by atoms with E-state index in [0.29, 0.717) is 23.6 Å². The fourth-order valence-corrected chi connectivity index (χ4v) is 3.16. The molecule has 0 bridgehead atoms. The van der Waals surface area contributed by atoms with Crippen molar-refractivity contribution in [3.8, 4) is 22.8 Å². The Morgan fingerprint density at radius 1 is 1.10 bits per heavy atom. The van der Waals surface area contributed by atoms with Crippen LogP contribution in [-0.4, -0.2) is 28.7 Å². The molecule has 0 saturated heterocycles. The van der Waals surface area contributed by atoms with Gasteiger partial charge in [0, 0.05) is 30.2 Å². The van der Waals surface area contributed by atoms with Gasteiger partial charge in [0.25, 0.3) is 5.92 Å². The van der Waals surface area contributed by atoms with Crippen LogP contribution in [0.15, 0.2) is 54.7 Å². The van der Waals surface area contributed by atoms with Crippen molar-refractivity contribution in [3.63, 3.8) is 0 Å². The maximum atomic E-state index is 14.2. The molecule has 0 fully saturated rings. The van der Waals surface area contributed by atoms with Crippen molar-refractivity contribution in [3.05, 3.63) is 65.9 Å². The number of H-pyrrole nitrogens is 1. The minimum Gasteiger partial charge on any atom is -0.457 e. The maximum Gasteiger partial charge on any atom is 0.270 e. The highest BCUT2D eigenvalue weighted by Crippen LogP contribution is 2.36. The largest absolute Gasteiger partial charge is 0.457 e. The smallest absolute Gasteiger partial charge is 0.270 e. The molecular weight excluding hydrogens is 372 g/mol. The first-order valence-corrected chi connectivity index (χ1v) is 9.84. The number of hydrogen-bond acceptors (Lipinski definition) is 3. The molecule has 1 N–H and O–H groups in total. The fraction of sp³-hybridized carbons (Fsp3) is 0.348. The molecular formula is C23H27F2N3O. The van der Waals surface area contributed by atoms with Gasteiger partial charge in [-0.15, -0.1) is 0 Å². The predicted octanol–water partition coefficient (Wildman–Crippen LogP) is 6.21. The van der Waals surface area contributed by atoms with E-state index in [2.05, 4.69) is 22.0 Å². The van der Waals surface area contributed by atoms with E-state index in [9.17, 15) is 8.78 Å². The van der Waals surface area contributed by atoms with Crippen molar-refractivity contribution in [1.82, 2.24) is 15.1 Å². The summed E-state index contributed by atoms with van der Waals surface area (Å²) < 4.78 is 34.2. The molecule has 0 atom stereocenters. The van der Waals surface area contributed by atoms with Gasteiger partial charge in [-0.05, 0) is 50.3 Å². The molecule has 0 aliphatic heterocycles. The monoisotopic (exact) mass is 399 g/mol.